The van der Waals surface area contributed by atoms with Crippen LogP contribution in [0.15, 0.2) is 30.3 Å². The Balaban J connectivity index is 2.54. The van der Waals surface area contributed by atoms with Gasteiger partial charge >= 0.3 is 12.0 Å². The number of nitrogens with two attached hydrogens (primary N) is 1. The third-order valence-corrected chi connectivity index (χ3v) is 2.39. The summed E-state index contributed by atoms with van der Waals surface area (Å²) in [5.41, 5.74) is 5.45. The maximum Gasteiger partial charge on any atom is 0.315 e. The Bertz CT molecular complexity index is 461. The van der Waals surface area contributed by atoms with Crippen LogP contribution in [0.3, 0.4) is 0 Å². The largest absolute Gasteiger partial charge is 0.481 e. The van der Waals surface area contributed by atoms with Crippen molar-refractivity contribution in [2.45, 2.75) is 5.92 Å². The summed E-state index contributed by atoms with van der Waals surface area (Å²) in [6.45, 7) is -0.376. The van der Waals surface area contributed by atoms with Gasteiger partial charge in [0.2, 0.25) is 5.91 Å². The van der Waals surface area contributed by atoms with Crippen molar-refractivity contribution in [3.05, 3.63) is 35.9 Å². The number of hydrogen-bond acceptors (Lipinski definition) is 3. The Morgan fingerprint density at radius 2 is 1.79 bits per heavy atom. The van der Waals surface area contributed by atoms with Crippen LogP contribution in [0.4, 0.5) is 4.79 Å². The molecule has 0 fully saturated rings. The van der Waals surface area contributed by atoms with Crippen LogP contribution in [-0.4, -0.2) is 36.1 Å². The van der Waals surface area contributed by atoms with Gasteiger partial charge in [-0.15, -0.1) is 0 Å². The van der Waals surface area contributed by atoms with Crippen molar-refractivity contribution in [1.82, 2.24) is 10.6 Å². The molecule has 19 heavy (non-hydrogen) atoms. The fourth-order valence-corrected chi connectivity index (χ4v) is 1.46. The highest BCUT2D eigenvalue weighted by Gasteiger charge is 2.20. The Labute approximate surface area is 109 Å². The molecule has 102 valence electrons. The Morgan fingerprint density at radius 1 is 1.16 bits per heavy atom. The summed E-state index contributed by atoms with van der Waals surface area (Å²) in [5, 5.41) is 13.7. The molecular weight excluding hydrogens is 250 g/mol. The second kappa shape index (κ2) is 7.00. The van der Waals surface area contributed by atoms with Gasteiger partial charge in [-0.3, -0.25) is 9.59 Å². The molecule has 1 unspecified atom stereocenters. The molecule has 0 aliphatic heterocycles. The van der Waals surface area contributed by atoms with Gasteiger partial charge in [0.15, 0.2) is 0 Å². The molecule has 1 aromatic rings. The third kappa shape index (κ3) is 5.07. The van der Waals surface area contributed by atoms with E-state index in [1.807, 2.05) is 0 Å². The summed E-state index contributed by atoms with van der Waals surface area (Å²) < 4.78 is 0. The highest BCUT2D eigenvalue weighted by atomic mass is 16.4. The van der Waals surface area contributed by atoms with Crippen molar-refractivity contribution in [1.29, 1.82) is 0 Å². The molecule has 1 aromatic carbocycles. The highest BCUT2D eigenvalue weighted by molar-refractivity contribution is 5.83. The van der Waals surface area contributed by atoms with Gasteiger partial charge in [-0.05, 0) is 5.56 Å². The second-order valence-electron chi connectivity index (χ2n) is 3.83. The van der Waals surface area contributed by atoms with Crippen LogP contribution < -0.4 is 16.4 Å². The lowest BCUT2D eigenvalue weighted by atomic mass is 9.99. The van der Waals surface area contributed by atoms with Crippen LogP contribution in [0.25, 0.3) is 0 Å². The molecule has 7 nitrogen and oxygen atoms in total. The molecule has 3 amide bonds. The maximum absolute atomic E-state index is 11.3. The summed E-state index contributed by atoms with van der Waals surface area (Å²) in [4.78, 5) is 32.9. The highest BCUT2D eigenvalue weighted by Crippen LogP contribution is 2.14. The average Bonchev–Trinajstić information content (AvgIpc) is 2.37. The third-order valence-electron chi connectivity index (χ3n) is 2.39. The van der Waals surface area contributed by atoms with Crippen molar-refractivity contribution in [3.63, 3.8) is 0 Å². The average molecular weight is 265 g/mol. The lowest BCUT2D eigenvalue weighted by molar-refractivity contribution is -0.138. The van der Waals surface area contributed by atoms with E-state index in [9.17, 15) is 14.4 Å². The van der Waals surface area contributed by atoms with E-state index in [1.165, 1.54) is 0 Å². The van der Waals surface area contributed by atoms with E-state index in [1.54, 1.807) is 30.3 Å². The second-order valence-corrected chi connectivity index (χ2v) is 3.83. The summed E-state index contributed by atoms with van der Waals surface area (Å²) in [6, 6.07) is 7.91. The van der Waals surface area contributed by atoms with E-state index < -0.39 is 23.8 Å². The van der Waals surface area contributed by atoms with Crippen LogP contribution >= 0.6 is 0 Å². The van der Waals surface area contributed by atoms with Crippen LogP contribution in [0.1, 0.15) is 11.5 Å². The Hall–Kier alpha value is -2.57. The molecule has 0 radical (unpaired) electrons. The molecule has 0 aromatic heterocycles. The predicted octanol–water partition coefficient (Wildman–Crippen LogP) is -0.361. The number of carboxylic acids is 1. The first-order valence-electron chi connectivity index (χ1n) is 5.58. The lowest BCUT2D eigenvalue weighted by Gasteiger charge is -2.13. The van der Waals surface area contributed by atoms with Gasteiger partial charge in [0, 0.05) is 6.54 Å². The summed E-state index contributed by atoms with van der Waals surface area (Å²) >= 11 is 0. The lowest BCUT2D eigenvalue weighted by Crippen LogP contribution is -2.42. The number of carbonyl (C=O) groups excluding carboxylic acids is 2. The normalized spacial score (nSPS) is 11.4. The standard InChI is InChI=1S/C12H15N3O4/c13-10(16)7-15-12(19)14-6-9(11(17)18)8-4-2-1-3-5-8/h1-5,9H,6-7H2,(H2,13,16)(H,17,18)(H2,14,15,19). The number of nitrogens with one attached hydrogen (secondary N) is 2. The van der Waals surface area contributed by atoms with Gasteiger partial charge in [-0.2, -0.15) is 0 Å². The molecule has 0 saturated carbocycles. The van der Waals surface area contributed by atoms with Crippen LogP contribution in [0.2, 0.25) is 0 Å². The van der Waals surface area contributed by atoms with Crippen molar-refractivity contribution in [2.24, 2.45) is 5.73 Å². The van der Waals surface area contributed by atoms with Crippen LogP contribution in [0, 0.1) is 0 Å². The topological polar surface area (TPSA) is 122 Å². The van der Waals surface area contributed by atoms with Gasteiger partial charge < -0.3 is 21.5 Å². The van der Waals surface area contributed by atoms with E-state index in [0.717, 1.165) is 0 Å². The minimum absolute atomic E-state index is 0.0794. The van der Waals surface area contributed by atoms with E-state index in [-0.39, 0.29) is 13.1 Å². The molecule has 0 aliphatic carbocycles. The summed E-state index contributed by atoms with van der Waals surface area (Å²) in [6.07, 6.45) is 0. The van der Waals surface area contributed by atoms with Gasteiger partial charge in [0.05, 0.1) is 12.5 Å². The fraction of sp³-hybridized carbons (Fsp3) is 0.250. The number of benzene rings is 1. The molecule has 1 rings (SSSR count). The minimum Gasteiger partial charge on any atom is -0.481 e. The van der Waals surface area contributed by atoms with Gasteiger partial charge in [-0.1, -0.05) is 30.3 Å². The SMILES string of the molecule is NC(=O)CNC(=O)NCC(C(=O)O)c1ccccc1. The number of rotatable bonds is 6. The van der Waals surface area contributed by atoms with Crippen molar-refractivity contribution in [3.8, 4) is 0 Å². The van der Waals surface area contributed by atoms with E-state index in [2.05, 4.69) is 10.6 Å². The first-order chi connectivity index (χ1) is 9.00. The molecule has 5 N–H and O–H groups in total. The van der Waals surface area contributed by atoms with E-state index in [4.69, 9.17) is 10.8 Å². The number of aliphatic carboxylic acids is 1. The molecule has 0 bridgehead atoms. The first-order valence-corrected chi connectivity index (χ1v) is 5.58. The zero-order chi connectivity index (χ0) is 14.3. The number of amides is 3. The van der Waals surface area contributed by atoms with Crippen LogP contribution in [0.5, 0.6) is 0 Å². The van der Waals surface area contributed by atoms with E-state index in [0.29, 0.717) is 5.56 Å². The molecule has 0 spiro atoms. The van der Waals surface area contributed by atoms with Crippen LogP contribution in [-0.2, 0) is 9.59 Å². The van der Waals surface area contributed by atoms with Crippen molar-refractivity contribution >= 4 is 17.9 Å². The monoisotopic (exact) mass is 265 g/mol. The summed E-state index contributed by atoms with van der Waals surface area (Å²) in [7, 11) is 0. The first kappa shape index (κ1) is 14.5. The number of carbonyl (C=O) groups is 3. The molecule has 0 aliphatic rings. The molecule has 7 heteroatoms. The number of hydrogen-bond donors (Lipinski definition) is 4. The Kier molecular flexibility index (Phi) is 5.34. The Morgan fingerprint density at radius 3 is 2.32 bits per heavy atom. The number of carboxylic acid groups (broad SMARTS) is 1. The maximum atomic E-state index is 11.3. The molecule has 0 heterocycles. The molecular formula is C12H15N3O4. The fourth-order valence-electron chi connectivity index (χ4n) is 1.46. The van der Waals surface area contributed by atoms with Gasteiger partial charge in [0.1, 0.15) is 0 Å². The zero-order valence-corrected chi connectivity index (χ0v) is 10.1. The number of urea groups is 1. The summed E-state index contributed by atoms with van der Waals surface area (Å²) in [5.74, 6) is -2.56. The van der Waals surface area contributed by atoms with Gasteiger partial charge in [0.25, 0.3) is 0 Å². The number of primary amides is 1. The predicted molar refractivity (Wildman–Crippen MR) is 67.4 cm³/mol. The molecule has 0 saturated heterocycles. The quantitative estimate of drug-likeness (QED) is 0.561. The van der Waals surface area contributed by atoms with Crippen molar-refractivity contribution < 1.29 is 19.5 Å². The van der Waals surface area contributed by atoms with E-state index >= 15 is 0 Å². The van der Waals surface area contributed by atoms with Crippen molar-refractivity contribution in [2.75, 3.05) is 13.1 Å². The minimum atomic E-state index is -1.04. The smallest absolute Gasteiger partial charge is 0.315 e. The van der Waals surface area contributed by atoms with Gasteiger partial charge in [-0.25, -0.2) is 4.79 Å². The zero-order valence-electron chi connectivity index (χ0n) is 10.1. The molecule has 1 atom stereocenters.